The number of hydrogen-bond donors (Lipinski definition) is 2. The number of carbonyl (C=O) groups is 1. The van der Waals surface area contributed by atoms with E-state index in [1.54, 1.807) is 0 Å². The molecule has 1 unspecified atom stereocenters. The average molecular weight is 199 g/mol. The summed E-state index contributed by atoms with van der Waals surface area (Å²) in [4.78, 5) is 10.6. The lowest BCUT2D eigenvalue weighted by atomic mass is 9.60. The van der Waals surface area contributed by atoms with Crippen molar-refractivity contribution in [2.24, 2.45) is 17.1 Å². The first-order chi connectivity index (χ1) is 6.65. The third-order valence-corrected chi connectivity index (χ3v) is 3.79. The van der Waals surface area contributed by atoms with Crippen LogP contribution in [0.25, 0.3) is 0 Å². The molecule has 4 nitrogen and oxygen atoms in total. The molecule has 2 fully saturated rings. The van der Waals surface area contributed by atoms with Gasteiger partial charge in [-0.2, -0.15) is 0 Å². The van der Waals surface area contributed by atoms with Gasteiger partial charge in [-0.25, -0.2) is 0 Å². The minimum absolute atomic E-state index is 0.0172. The molecule has 1 aliphatic carbocycles. The fraction of sp³-hybridized carbons (Fsp3) is 0.900. The predicted octanol–water partition coefficient (Wildman–Crippen LogP) is 0.605. The fourth-order valence-electron chi connectivity index (χ4n) is 2.46. The standard InChI is InChI=1S/C10H17NO3/c11-8(4-9(12)13)10(5-14-6-10)7-2-1-3-7/h7-8H,1-6,11H2,(H,12,13). The van der Waals surface area contributed by atoms with Crippen LogP contribution in [0.1, 0.15) is 25.7 Å². The molecule has 2 aliphatic rings. The Labute approximate surface area is 83.4 Å². The topological polar surface area (TPSA) is 72.6 Å². The molecule has 0 bridgehead atoms. The zero-order valence-corrected chi connectivity index (χ0v) is 8.24. The largest absolute Gasteiger partial charge is 0.481 e. The summed E-state index contributed by atoms with van der Waals surface area (Å²) in [5, 5.41) is 8.72. The van der Waals surface area contributed by atoms with Gasteiger partial charge in [-0.1, -0.05) is 6.42 Å². The third kappa shape index (κ3) is 1.42. The Morgan fingerprint density at radius 3 is 2.50 bits per heavy atom. The second kappa shape index (κ2) is 3.51. The maximum absolute atomic E-state index is 10.6. The van der Waals surface area contributed by atoms with E-state index in [9.17, 15) is 4.79 Å². The van der Waals surface area contributed by atoms with Gasteiger partial charge in [0.05, 0.1) is 19.6 Å². The van der Waals surface area contributed by atoms with Crippen molar-refractivity contribution in [2.45, 2.75) is 31.7 Å². The van der Waals surface area contributed by atoms with Gasteiger partial charge in [-0.05, 0) is 18.8 Å². The van der Waals surface area contributed by atoms with Crippen LogP contribution in [0.5, 0.6) is 0 Å². The van der Waals surface area contributed by atoms with E-state index in [1.165, 1.54) is 19.3 Å². The highest BCUT2D eigenvalue weighted by Gasteiger charge is 2.52. The first-order valence-electron chi connectivity index (χ1n) is 5.20. The maximum Gasteiger partial charge on any atom is 0.304 e. The highest BCUT2D eigenvalue weighted by Crippen LogP contribution is 2.49. The SMILES string of the molecule is NC(CC(=O)O)C1(C2CCC2)COC1. The second-order valence-corrected chi connectivity index (χ2v) is 4.56. The van der Waals surface area contributed by atoms with Crippen molar-refractivity contribution in [1.29, 1.82) is 0 Å². The summed E-state index contributed by atoms with van der Waals surface area (Å²) >= 11 is 0. The molecular formula is C10H17NO3. The molecule has 0 amide bonds. The Morgan fingerprint density at radius 2 is 2.21 bits per heavy atom. The number of ether oxygens (including phenoxy) is 1. The van der Waals surface area contributed by atoms with E-state index in [1.807, 2.05) is 0 Å². The summed E-state index contributed by atoms with van der Waals surface area (Å²) < 4.78 is 5.22. The van der Waals surface area contributed by atoms with Gasteiger partial charge < -0.3 is 15.6 Å². The van der Waals surface area contributed by atoms with Gasteiger partial charge in [0, 0.05) is 11.5 Å². The Balaban J connectivity index is 1.99. The summed E-state index contributed by atoms with van der Waals surface area (Å²) in [5.74, 6) is -0.200. The molecule has 3 N–H and O–H groups in total. The van der Waals surface area contributed by atoms with Crippen LogP contribution in [-0.4, -0.2) is 30.3 Å². The Bertz CT molecular complexity index is 234. The van der Waals surface area contributed by atoms with Gasteiger partial charge in [0.1, 0.15) is 0 Å². The van der Waals surface area contributed by atoms with Crippen molar-refractivity contribution < 1.29 is 14.6 Å². The molecule has 1 atom stereocenters. The zero-order valence-electron chi connectivity index (χ0n) is 8.24. The summed E-state index contributed by atoms with van der Waals surface area (Å²) in [6.07, 6.45) is 3.71. The van der Waals surface area contributed by atoms with Crippen LogP contribution >= 0.6 is 0 Å². The van der Waals surface area contributed by atoms with Gasteiger partial charge in [0.2, 0.25) is 0 Å². The molecule has 1 aliphatic heterocycles. The number of carboxylic acid groups (broad SMARTS) is 1. The Hall–Kier alpha value is -0.610. The lowest BCUT2D eigenvalue weighted by Crippen LogP contribution is -2.61. The van der Waals surface area contributed by atoms with Crippen molar-refractivity contribution >= 4 is 5.97 Å². The molecule has 2 rings (SSSR count). The van der Waals surface area contributed by atoms with Crippen LogP contribution in [0.3, 0.4) is 0 Å². The quantitative estimate of drug-likeness (QED) is 0.695. The molecule has 1 saturated carbocycles. The lowest BCUT2D eigenvalue weighted by Gasteiger charge is -2.53. The number of rotatable bonds is 4. The molecule has 0 aromatic carbocycles. The second-order valence-electron chi connectivity index (χ2n) is 4.56. The first kappa shape index (κ1) is 9.93. The van der Waals surface area contributed by atoms with Crippen LogP contribution in [0.15, 0.2) is 0 Å². The summed E-state index contributed by atoms with van der Waals surface area (Å²) in [5.41, 5.74) is 5.95. The molecule has 0 spiro atoms. The smallest absolute Gasteiger partial charge is 0.304 e. The van der Waals surface area contributed by atoms with Crippen LogP contribution in [0.2, 0.25) is 0 Å². The Morgan fingerprint density at radius 1 is 1.57 bits per heavy atom. The molecular weight excluding hydrogens is 182 g/mol. The maximum atomic E-state index is 10.6. The minimum atomic E-state index is -0.803. The molecule has 0 aromatic rings. The van der Waals surface area contributed by atoms with E-state index in [-0.39, 0.29) is 17.9 Å². The third-order valence-electron chi connectivity index (χ3n) is 3.79. The fourth-order valence-corrected chi connectivity index (χ4v) is 2.46. The van der Waals surface area contributed by atoms with Gasteiger partial charge in [0.25, 0.3) is 0 Å². The van der Waals surface area contributed by atoms with Gasteiger partial charge >= 0.3 is 5.97 Å². The normalized spacial score (nSPS) is 27.5. The molecule has 1 heterocycles. The summed E-state index contributed by atoms with van der Waals surface area (Å²) in [6.45, 7) is 1.32. The molecule has 80 valence electrons. The van der Waals surface area contributed by atoms with Crippen LogP contribution < -0.4 is 5.73 Å². The van der Waals surface area contributed by atoms with E-state index >= 15 is 0 Å². The molecule has 1 saturated heterocycles. The van der Waals surface area contributed by atoms with Crippen molar-refractivity contribution in [3.8, 4) is 0 Å². The molecule has 14 heavy (non-hydrogen) atoms. The molecule has 4 heteroatoms. The van der Waals surface area contributed by atoms with Gasteiger partial charge in [-0.15, -0.1) is 0 Å². The first-order valence-corrected chi connectivity index (χ1v) is 5.20. The van der Waals surface area contributed by atoms with Crippen molar-refractivity contribution in [3.63, 3.8) is 0 Å². The monoisotopic (exact) mass is 199 g/mol. The van der Waals surface area contributed by atoms with E-state index in [0.717, 1.165) is 0 Å². The van der Waals surface area contributed by atoms with E-state index in [2.05, 4.69) is 0 Å². The number of hydrogen-bond acceptors (Lipinski definition) is 3. The average Bonchev–Trinajstić information content (AvgIpc) is 1.90. The van der Waals surface area contributed by atoms with E-state index in [4.69, 9.17) is 15.6 Å². The van der Waals surface area contributed by atoms with E-state index in [0.29, 0.717) is 19.1 Å². The van der Waals surface area contributed by atoms with Crippen molar-refractivity contribution in [3.05, 3.63) is 0 Å². The number of carboxylic acids is 1. The minimum Gasteiger partial charge on any atom is -0.481 e. The predicted molar refractivity (Wildman–Crippen MR) is 50.8 cm³/mol. The van der Waals surface area contributed by atoms with Crippen molar-refractivity contribution in [2.75, 3.05) is 13.2 Å². The Kier molecular flexibility index (Phi) is 2.49. The summed E-state index contributed by atoms with van der Waals surface area (Å²) in [7, 11) is 0. The number of nitrogens with two attached hydrogens (primary N) is 1. The molecule has 0 radical (unpaired) electrons. The van der Waals surface area contributed by atoms with Gasteiger partial charge in [0.15, 0.2) is 0 Å². The highest BCUT2D eigenvalue weighted by atomic mass is 16.5. The molecule has 0 aromatic heterocycles. The lowest BCUT2D eigenvalue weighted by molar-refractivity contribution is -0.179. The number of aliphatic carboxylic acids is 1. The van der Waals surface area contributed by atoms with Crippen LogP contribution in [0.4, 0.5) is 0 Å². The van der Waals surface area contributed by atoms with Crippen LogP contribution in [-0.2, 0) is 9.53 Å². The van der Waals surface area contributed by atoms with Crippen molar-refractivity contribution in [1.82, 2.24) is 0 Å². The highest BCUT2D eigenvalue weighted by molar-refractivity contribution is 5.67. The zero-order chi connectivity index (χ0) is 10.2. The summed E-state index contributed by atoms with van der Waals surface area (Å²) in [6, 6.07) is -0.237. The van der Waals surface area contributed by atoms with Crippen LogP contribution in [0, 0.1) is 11.3 Å². The van der Waals surface area contributed by atoms with Gasteiger partial charge in [-0.3, -0.25) is 4.79 Å². The van der Waals surface area contributed by atoms with E-state index < -0.39 is 5.97 Å².